The summed E-state index contributed by atoms with van der Waals surface area (Å²) in [5.41, 5.74) is 2.61. The summed E-state index contributed by atoms with van der Waals surface area (Å²) < 4.78 is 55.5. The SMILES string of the molecule is Cc1cc(Nc2nc(N(C)c3c(F)cc(S(C)(=O)=O)cc3F)nc(-c3cnn(C)c3CO)c2C2CC2)n[nH]1. The number of hydrogen-bond donors (Lipinski definition) is 3. The number of H-pyrrole nitrogens is 1. The molecule has 1 aliphatic carbocycles. The Morgan fingerprint density at radius 1 is 1.21 bits per heavy atom. The van der Waals surface area contributed by atoms with Crippen LogP contribution in [0.15, 0.2) is 29.3 Å². The molecular weight excluding hydrogens is 518 g/mol. The number of hydrogen-bond acceptors (Lipinski definition) is 9. The zero-order chi connectivity index (χ0) is 27.4. The van der Waals surface area contributed by atoms with Crippen molar-refractivity contribution in [2.45, 2.75) is 37.2 Å². The summed E-state index contributed by atoms with van der Waals surface area (Å²) in [6.45, 7) is 1.54. The summed E-state index contributed by atoms with van der Waals surface area (Å²) in [4.78, 5) is 9.96. The molecule has 1 aliphatic rings. The van der Waals surface area contributed by atoms with E-state index in [0.717, 1.165) is 47.4 Å². The minimum Gasteiger partial charge on any atom is -0.390 e. The van der Waals surface area contributed by atoms with Crippen molar-refractivity contribution in [3.63, 3.8) is 0 Å². The molecule has 3 heterocycles. The molecule has 1 aromatic carbocycles. The van der Waals surface area contributed by atoms with E-state index in [1.54, 1.807) is 19.3 Å². The van der Waals surface area contributed by atoms with E-state index < -0.39 is 32.1 Å². The third kappa shape index (κ3) is 4.72. The lowest BCUT2D eigenvalue weighted by Crippen LogP contribution is -2.19. The maximum Gasteiger partial charge on any atom is 0.232 e. The standard InChI is InChI=1S/C24H26F2N8O3S/c1-12-7-19(32-31-12)28-23-20(13-5-6-13)21(15-10-27-34(3)18(15)11-35)29-24(30-23)33(2)22-16(25)8-14(9-17(22)26)38(4,36)37/h7-10,13,35H,5-6,11H2,1-4H3,(H2,28,29,30,31,32). The summed E-state index contributed by atoms with van der Waals surface area (Å²) in [6.07, 6.45) is 4.24. The van der Waals surface area contributed by atoms with E-state index in [9.17, 15) is 13.5 Å². The molecule has 0 radical (unpaired) electrons. The first-order valence-corrected chi connectivity index (χ1v) is 13.6. The zero-order valence-corrected chi connectivity index (χ0v) is 21.9. The van der Waals surface area contributed by atoms with Crippen molar-refractivity contribution < 1.29 is 22.3 Å². The Morgan fingerprint density at radius 2 is 1.89 bits per heavy atom. The van der Waals surface area contributed by atoms with Gasteiger partial charge in [0.25, 0.3) is 0 Å². The number of aromatic nitrogens is 6. The van der Waals surface area contributed by atoms with E-state index in [-0.39, 0.29) is 18.5 Å². The van der Waals surface area contributed by atoms with E-state index >= 15 is 8.78 Å². The van der Waals surface area contributed by atoms with Gasteiger partial charge in [-0.15, -0.1) is 0 Å². The lowest BCUT2D eigenvalue weighted by atomic mass is 10.0. The fourth-order valence-corrected chi connectivity index (χ4v) is 4.93. The number of rotatable bonds is 8. The number of anilines is 4. The van der Waals surface area contributed by atoms with Crippen LogP contribution in [0.2, 0.25) is 0 Å². The number of aliphatic hydroxyl groups excluding tert-OH is 1. The molecule has 0 unspecified atom stereocenters. The summed E-state index contributed by atoms with van der Waals surface area (Å²) in [5.74, 6) is -1.21. The van der Waals surface area contributed by atoms with Crippen molar-refractivity contribution in [3.05, 3.63) is 53.0 Å². The summed E-state index contributed by atoms with van der Waals surface area (Å²) >= 11 is 0. The van der Waals surface area contributed by atoms with Crippen LogP contribution in [-0.4, -0.2) is 56.8 Å². The quantitative estimate of drug-likeness (QED) is 0.304. The van der Waals surface area contributed by atoms with Gasteiger partial charge in [-0.1, -0.05) is 0 Å². The Balaban J connectivity index is 1.72. The topological polar surface area (TPSA) is 142 Å². The highest BCUT2D eigenvalue weighted by Crippen LogP contribution is 2.48. The molecule has 3 N–H and O–H groups in total. The molecule has 0 atom stereocenters. The van der Waals surface area contributed by atoms with Crippen LogP contribution in [0.5, 0.6) is 0 Å². The second-order valence-corrected chi connectivity index (χ2v) is 11.3. The van der Waals surface area contributed by atoms with Crippen molar-refractivity contribution in [1.82, 2.24) is 29.9 Å². The molecule has 1 fully saturated rings. The first-order chi connectivity index (χ1) is 18.0. The Morgan fingerprint density at radius 3 is 2.45 bits per heavy atom. The molecule has 14 heteroatoms. The van der Waals surface area contributed by atoms with Crippen LogP contribution in [0.1, 0.15) is 35.7 Å². The fraction of sp³-hybridized carbons (Fsp3) is 0.333. The molecule has 5 rings (SSSR count). The largest absolute Gasteiger partial charge is 0.390 e. The average Bonchev–Trinajstić information content (AvgIpc) is 3.49. The Bertz CT molecular complexity index is 1620. The first kappa shape index (κ1) is 25.7. The van der Waals surface area contributed by atoms with Gasteiger partial charge in [-0.05, 0) is 37.8 Å². The van der Waals surface area contributed by atoms with Crippen LogP contribution in [-0.2, 0) is 23.5 Å². The third-order valence-electron chi connectivity index (χ3n) is 6.39. The number of nitrogens with zero attached hydrogens (tertiary/aromatic N) is 6. The summed E-state index contributed by atoms with van der Waals surface area (Å²) in [6, 6.07) is 3.31. The molecule has 38 heavy (non-hydrogen) atoms. The monoisotopic (exact) mass is 544 g/mol. The Hall–Kier alpha value is -3.91. The predicted octanol–water partition coefficient (Wildman–Crippen LogP) is 3.47. The van der Waals surface area contributed by atoms with Crippen LogP contribution in [0.4, 0.5) is 32.1 Å². The van der Waals surface area contributed by atoms with E-state index in [1.807, 2.05) is 6.92 Å². The molecular formula is C24H26F2N8O3S. The molecule has 0 bridgehead atoms. The molecule has 0 aliphatic heterocycles. The highest BCUT2D eigenvalue weighted by Gasteiger charge is 2.34. The van der Waals surface area contributed by atoms with Crippen molar-refractivity contribution >= 4 is 33.1 Å². The second-order valence-electron chi connectivity index (χ2n) is 9.32. The summed E-state index contributed by atoms with van der Waals surface area (Å²) in [5, 5.41) is 24.6. The van der Waals surface area contributed by atoms with Crippen LogP contribution >= 0.6 is 0 Å². The fourth-order valence-electron chi connectivity index (χ4n) is 4.30. The molecule has 3 aromatic heterocycles. The average molecular weight is 545 g/mol. The minimum absolute atomic E-state index is 0.0585. The van der Waals surface area contributed by atoms with Gasteiger partial charge in [0.1, 0.15) is 11.5 Å². The molecule has 0 amide bonds. The van der Waals surface area contributed by atoms with E-state index in [0.29, 0.717) is 28.6 Å². The second kappa shape index (κ2) is 9.44. The van der Waals surface area contributed by atoms with Gasteiger partial charge >= 0.3 is 0 Å². The maximum atomic E-state index is 15.1. The highest BCUT2D eigenvalue weighted by molar-refractivity contribution is 7.90. The number of aromatic amines is 1. The van der Waals surface area contributed by atoms with E-state index in [4.69, 9.17) is 4.98 Å². The van der Waals surface area contributed by atoms with Crippen LogP contribution in [0.25, 0.3) is 11.3 Å². The van der Waals surface area contributed by atoms with Gasteiger partial charge < -0.3 is 15.3 Å². The number of sulfone groups is 1. The normalized spacial score (nSPS) is 13.7. The Labute approximate surface area is 217 Å². The van der Waals surface area contributed by atoms with Gasteiger partial charge in [-0.25, -0.2) is 22.2 Å². The van der Waals surface area contributed by atoms with Crippen molar-refractivity contribution in [2.75, 3.05) is 23.5 Å². The third-order valence-corrected chi connectivity index (χ3v) is 7.48. The number of halogens is 2. The number of aryl methyl sites for hydroxylation is 2. The van der Waals surface area contributed by atoms with Crippen molar-refractivity contribution in [2.24, 2.45) is 7.05 Å². The van der Waals surface area contributed by atoms with Crippen LogP contribution in [0.3, 0.4) is 0 Å². The molecule has 0 saturated heterocycles. The van der Waals surface area contributed by atoms with Gasteiger partial charge in [0.15, 0.2) is 27.3 Å². The molecule has 1 saturated carbocycles. The van der Waals surface area contributed by atoms with Crippen LogP contribution < -0.4 is 10.2 Å². The number of nitrogens with one attached hydrogen (secondary N) is 2. The van der Waals surface area contributed by atoms with Crippen LogP contribution in [0, 0.1) is 18.6 Å². The van der Waals surface area contributed by atoms with E-state index in [2.05, 4.69) is 25.6 Å². The predicted molar refractivity (Wildman–Crippen MR) is 136 cm³/mol. The lowest BCUT2D eigenvalue weighted by Gasteiger charge is -2.22. The number of benzene rings is 1. The lowest BCUT2D eigenvalue weighted by molar-refractivity contribution is 0.271. The highest BCUT2D eigenvalue weighted by atomic mass is 32.2. The van der Waals surface area contributed by atoms with Gasteiger partial charge in [0, 0.05) is 43.2 Å². The molecule has 0 spiro atoms. The van der Waals surface area contributed by atoms with Gasteiger partial charge in [-0.2, -0.15) is 15.2 Å². The minimum atomic E-state index is -3.83. The van der Waals surface area contributed by atoms with Gasteiger partial charge in [0.05, 0.1) is 29.1 Å². The van der Waals surface area contributed by atoms with Gasteiger partial charge in [-0.3, -0.25) is 9.78 Å². The zero-order valence-electron chi connectivity index (χ0n) is 21.1. The van der Waals surface area contributed by atoms with E-state index in [1.165, 1.54) is 11.7 Å². The first-order valence-electron chi connectivity index (χ1n) is 11.7. The maximum absolute atomic E-state index is 15.1. The summed E-state index contributed by atoms with van der Waals surface area (Å²) in [7, 11) is -0.754. The molecule has 4 aromatic rings. The van der Waals surface area contributed by atoms with Crippen molar-refractivity contribution in [1.29, 1.82) is 0 Å². The molecule has 11 nitrogen and oxygen atoms in total. The molecule has 200 valence electrons. The van der Waals surface area contributed by atoms with Gasteiger partial charge in [0.2, 0.25) is 5.95 Å². The number of aliphatic hydroxyl groups is 1. The van der Waals surface area contributed by atoms with Crippen molar-refractivity contribution in [3.8, 4) is 11.3 Å². The Kier molecular flexibility index (Phi) is 6.39. The smallest absolute Gasteiger partial charge is 0.232 e.